The van der Waals surface area contributed by atoms with E-state index in [0.29, 0.717) is 0 Å². The van der Waals surface area contributed by atoms with E-state index in [2.05, 4.69) is 22.4 Å². The first-order valence-electron chi connectivity index (χ1n) is 7.33. The average Bonchev–Trinajstić information content (AvgIpc) is 3.01. The summed E-state index contributed by atoms with van der Waals surface area (Å²) in [4.78, 5) is 18.2. The van der Waals surface area contributed by atoms with Crippen LogP contribution < -0.4 is 0 Å². The molecule has 1 amide bonds. The predicted octanol–water partition coefficient (Wildman–Crippen LogP) is 3.01. The van der Waals surface area contributed by atoms with Crippen molar-refractivity contribution in [3.8, 4) is 0 Å². The third-order valence-corrected chi connectivity index (χ3v) is 4.78. The fourth-order valence-electron chi connectivity index (χ4n) is 2.61. The lowest BCUT2D eigenvalue weighted by Crippen LogP contribution is -2.48. The maximum absolute atomic E-state index is 12.4. The quantitative estimate of drug-likeness (QED) is 0.870. The summed E-state index contributed by atoms with van der Waals surface area (Å²) in [7, 11) is 0. The number of hydrogen-bond acceptors (Lipinski definition) is 3. The number of thiophene rings is 1. The van der Waals surface area contributed by atoms with Gasteiger partial charge in [-0.15, -0.1) is 11.3 Å². The van der Waals surface area contributed by atoms with Gasteiger partial charge in [0.15, 0.2) is 0 Å². The Morgan fingerprint density at radius 3 is 2.43 bits per heavy atom. The van der Waals surface area contributed by atoms with Crippen LogP contribution >= 0.6 is 11.3 Å². The molecular formula is C17H20N2OS. The first-order chi connectivity index (χ1) is 10.2. The standard InChI is InChI=1S/C17H20N2OS/c1-14-4-6-15(7-5-14)17(20)19-10-8-18(9-11-19)13-16-3-2-12-21-16/h2-7,12H,8-11,13H2,1H3. The smallest absolute Gasteiger partial charge is 0.253 e. The highest BCUT2D eigenvalue weighted by atomic mass is 32.1. The summed E-state index contributed by atoms with van der Waals surface area (Å²) in [6.07, 6.45) is 0. The number of carbonyl (C=O) groups excluding carboxylic acids is 1. The van der Waals surface area contributed by atoms with Gasteiger partial charge in [-0.3, -0.25) is 9.69 Å². The van der Waals surface area contributed by atoms with Crippen LogP contribution in [-0.4, -0.2) is 41.9 Å². The second kappa shape index (κ2) is 6.41. The molecule has 1 aliphatic heterocycles. The number of piperazine rings is 1. The van der Waals surface area contributed by atoms with Crippen molar-refractivity contribution in [2.45, 2.75) is 13.5 Å². The summed E-state index contributed by atoms with van der Waals surface area (Å²) in [6, 6.07) is 12.1. The van der Waals surface area contributed by atoms with Crippen LogP contribution in [0.1, 0.15) is 20.8 Å². The first-order valence-corrected chi connectivity index (χ1v) is 8.21. The second-order valence-electron chi connectivity index (χ2n) is 5.51. The fourth-order valence-corrected chi connectivity index (χ4v) is 3.36. The summed E-state index contributed by atoms with van der Waals surface area (Å²) in [5.41, 5.74) is 1.99. The van der Waals surface area contributed by atoms with Crippen LogP contribution in [0.25, 0.3) is 0 Å². The number of aryl methyl sites for hydroxylation is 1. The molecule has 1 aromatic carbocycles. The SMILES string of the molecule is Cc1ccc(C(=O)N2CCN(Cc3cccs3)CC2)cc1. The van der Waals surface area contributed by atoms with Gasteiger partial charge in [0.2, 0.25) is 0 Å². The third kappa shape index (κ3) is 3.52. The number of carbonyl (C=O) groups is 1. The van der Waals surface area contributed by atoms with Gasteiger partial charge in [-0.25, -0.2) is 0 Å². The fraction of sp³-hybridized carbons (Fsp3) is 0.353. The summed E-state index contributed by atoms with van der Waals surface area (Å²) >= 11 is 1.80. The van der Waals surface area contributed by atoms with Gasteiger partial charge < -0.3 is 4.90 Å². The lowest BCUT2D eigenvalue weighted by atomic mass is 10.1. The molecule has 0 unspecified atom stereocenters. The molecule has 110 valence electrons. The molecule has 1 aromatic heterocycles. The highest BCUT2D eigenvalue weighted by Crippen LogP contribution is 2.15. The highest BCUT2D eigenvalue weighted by molar-refractivity contribution is 7.09. The molecule has 0 saturated carbocycles. The number of benzene rings is 1. The van der Waals surface area contributed by atoms with Crippen molar-refractivity contribution < 1.29 is 4.79 Å². The number of nitrogens with zero attached hydrogens (tertiary/aromatic N) is 2. The van der Waals surface area contributed by atoms with Crippen LogP contribution in [0.5, 0.6) is 0 Å². The van der Waals surface area contributed by atoms with Crippen LogP contribution in [-0.2, 0) is 6.54 Å². The van der Waals surface area contributed by atoms with Crippen LogP contribution in [0.15, 0.2) is 41.8 Å². The minimum absolute atomic E-state index is 0.158. The van der Waals surface area contributed by atoms with Gasteiger partial charge in [0.1, 0.15) is 0 Å². The van der Waals surface area contributed by atoms with E-state index in [0.717, 1.165) is 38.3 Å². The summed E-state index contributed by atoms with van der Waals surface area (Å²) < 4.78 is 0. The summed E-state index contributed by atoms with van der Waals surface area (Å²) in [5.74, 6) is 0.158. The van der Waals surface area contributed by atoms with E-state index < -0.39 is 0 Å². The molecule has 2 aromatic rings. The van der Waals surface area contributed by atoms with Crippen molar-refractivity contribution in [2.24, 2.45) is 0 Å². The van der Waals surface area contributed by atoms with Crippen molar-refractivity contribution in [1.29, 1.82) is 0 Å². The average molecular weight is 300 g/mol. The molecular weight excluding hydrogens is 280 g/mol. The lowest BCUT2D eigenvalue weighted by Gasteiger charge is -2.34. The van der Waals surface area contributed by atoms with E-state index in [1.165, 1.54) is 10.4 Å². The Morgan fingerprint density at radius 1 is 1.10 bits per heavy atom. The Kier molecular flexibility index (Phi) is 4.36. The number of hydrogen-bond donors (Lipinski definition) is 0. The second-order valence-corrected chi connectivity index (χ2v) is 6.55. The zero-order valence-electron chi connectivity index (χ0n) is 12.3. The lowest BCUT2D eigenvalue weighted by molar-refractivity contribution is 0.0629. The van der Waals surface area contributed by atoms with E-state index in [1.54, 1.807) is 11.3 Å². The van der Waals surface area contributed by atoms with E-state index in [1.807, 2.05) is 36.1 Å². The molecule has 0 atom stereocenters. The monoisotopic (exact) mass is 300 g/mol. The maximum atomic E-state index is 12.4. The van der Waals surface area contributed by atoms with E-state index in [4.69, 9.17) is 0 Å². The zero-order chi connectivity index (χ0) is 14.7. The first kappa shape index (κ1) is 14.3. The van der Waals surface area contributed by atoms with Gasteiger partial charge in [0.25, 0.3) is 5.91 Å². The molecule has 1 saturated heterocycles. The van der Waals surface area contributed by atoms with Crippen molar-refractivity contribution in [1.82, 2.24) is 9.80 Å². The van der Waals surface area contributed by atoms with Gasteiger partial charge in [-0.05, 0) is 30.5 Å². The van der Waals surface area contributed by atoms with Crippen molar-refractivity contribution in [2.75, 3.05) is 26.2 Å². The van der Waals surface area contributed by atoms with Gasteiger partial charge in [-0.2, -0.15) is 0 Å². The summed E-state index contributed by atoms with van der Waals surface area (Å²) in [6.45, 7) is 6.59. The van der Waals surface area contributed by atoms with Gasteiger partial charge in [-0.1, -0.05) is 23.8 Å². The molecule has 0 N–H and O–H groups in total. The Bertz CT molecular complexity index is 584. The third-order valence-electron chi connectivity index (χ3n) is 3.92. The topological polar surface area (TPSA) is 23.6 Å². The van der Waals surface area contributed by atoms with Crippen molar-refractivity contribution in [3.05, 3.63) is 57.8 Å². The molecule has 0 radical (unpaired) electrons. The van der Waals surface area contributed by atoms with Gasteiger partial charge in [0.05, 0.1) is 0 Å². The largest absolute Gasteiger partial charge is 0.336 e. The Balaban J connectivity index is 1.55. The zero-order valence-corrected chi connectivity index (χ0v) is 13.1. The van der Waals surface area contributed by atoms with Crippen molar-refractivity contribution >= 4 is 17.2 Å². The predicted molar refractivity (Wildman–Crippen MR) is 86.7 cm³/mol. The molecule has 0 bridgehead atoms. The Labute approximate surface area is 129 Å². The Hall–Kier alpha value is -1.65. The van der Waals surface area contributed by atoms with Crippen LogP contribution in [0.4, 0.5) is 0 Å². The Morgan fingerprint density at radius 2 is 1.81 bits per heavy atom. The van der Waals surface area contributed by atoms with Gasteiger partial charge >= 0.3 is 0 Å². The molecule has 1 fully saturated rings. The van der Waals surface area contributed by atoms with Crippen LogP contribution in [0.2, 0.25) is 0 Å². The van der Waals surface area contributed by atoms with Gasteiger partial charge in [0, 0.05) is 43.2 Å². The minimum Gasteiger partial charge on any atom is -0.336 e. The number of rotatable bonds is 3. The molecule has 21 heavy (non-hydrogen) atoms. The molecule has 4 heteroatoms. The van der Waals surface area contributed by atoms with E-state index in [-0.39, 0.29) is 5.91 Å². The molecule has 0 aliphatic carbocycles. The van der Waals surface area contributed by atoms with E-state index >= 15 is 0 Å². The van der Waals surface area contributed by atoms with Crippen molar-refractivity contribution in [3.63, 3.8) is 0 Å². The number of amides is 1. The molecule has 1 aliphatic rings. The maximum Gasteiger partial charge on any atom is 0.253 e. The normalized spacial score (nSPS) is 16.1. The molecule has 2 heterocycles. The van der Waals surface area contributed by atoms with Crippen LogP contribution in [0.3, 0.4) is 0 Å². The highest BCUT2D eigenvalue weighted by Gasteiger charge is 2.22. The molecule has 3 nitrogen and oxygen atoms in total. The van der Waals surface area contributed by atoms with Crippen LogP contribution in [0, 0.1) is 6.92 Å². The molecule has 0 spiro atoms. The van der Waals surface area contributed by atoms with E-state index in [9.17, 15) is 4.79 Å². The molecule has 3 rings (SSSR count). The summed E-state index contributed by atoms with van der Waals surface area (Å²) in [5, 5.41) is 2.12. The minimum atomic E-state index is 0.158.